The van der Waals surface area contributed by atoms with Gasteiger partial charge in [0, 0.05) is 0 Å². The minimum Gasteiger partial charge on any atom is -0.465 e. The molecule has 1 atom stereocenters. The topological polar surface area (TPSA) is 103 Å². The first-order chi connectivity index (χ1) is 15.0. The summed E-state index contributed by atoms with van der Waals surface area (Å²) in [4.78, 5) is 40.0. The van der Waals surface area contributed by atoms with Crippen LogP contribution >= 0.6 is 11.3 Å². The molecule has 3 heterocycles. The van der Waals surface area contributed by atoms with Gasteiger partial charge in [-0.15, -0.1) is 10.2 Å². The molecule has 0 saturated carbocycles. The summed E-state index contributed by atoms with van der Waals surface area (Å²) in [5.74, 6) is -0.955. The number of amides is 1. The molecular weight excluding hydrogens is 418 g/mol. The number of carbonyl (C=O) groups excluding carboxylic acids is 2. The number of rotatable bonds is 3. The fourth-order valence-electron chi connectivity index (χ4n) is 3.79. The fraction of sp³-hybridized carbons (Fsp3) is 0.136. The van der Waals surface area contributed by atoms with Crippen LogP contribution in [-0.2, 0) is 4.74 Å². The Morgan fingerprint density at radius 1 is 1.16 bits per heavy atom. The third-order valence-electron chi connectivity index (χ3n) is 5.23. The molecule has 0 fully saturated rings. The number of nitrogens with zero attached hydrogens (tertiary/aromatic N) is 3. The number of aromatic nitrogens is 2. The van der Waals surface area contributed by atoms with Gasteiger partial charge >= 0.3 is 5.97 Å². The molecular formula is C22H15N3O5S. The van der Waals surface area contributed by atoms with Crippen LogP contribution in [-0.4, -0.2) is 29.2 Å². The summed E-state index contributed by atoms with van der Waals surface area (Å²) in [7, 11) is 1.30. The second-order valence-electron chi connectivity index (χ2n) is 7.09. The van der Waals surface area contributed by atoms with Crippen molar-refractivity contribution in [2.24, 2.45) is 0 Å². The highest BCUT2D eigenvalue weighted by Gasteiger charge is 2.45. The summed E-state index contributed by atoms with van der Waals surface area (Å²) in [6, 6.07) is 11.1. The Hall–Kier alpha value is -3.85. The molecule has 0 saturated heterocycles. The van der Waals surface area contributed by atoms with Crippen molar-refractivity contribution in [2.75, 3.05) is 12.0 Å². The summed E-state index contributed by atoms with van der Waals surface area (Å²) >= 11 is 1.18. The maximum Gasteiger partial charge on any atom is 0.337 e. The van der Waals surface area contributed by atoms with Crippen LogP contribution in [0.15, 0.2) is 57.2 Å². The van der Waals surface area contributed by atoms with E-state index in [1.165, 1.54) is 28.9 Å². The first-order valence-corrected chi connectivity index (χ1v) is 10.2. The maximum absolute atomic E-state index is 13.5. The second kappa shape index (κ2) is 7.13. The van der Waals surface area contributed by atoms with E-state index < -0.39 is 17.9 Å². The zero-order valence-corrected chi connectivity index (χ0v) is 17.3. The van der Waals surface area contributed by atoms with Gasteiger partial charge in [-0.05, 0) is 36.8 Å². The number of esters is 1. The number of benzene rings is 2. The van der Waals surface area contributed by atoms with Crippen molar-refractivity contribution in [1.29, 1.82) is 0 Å². The van der Waals surface area contributed by atoms with Gasteiger partial charge in [0.05, 0.1) is 29.7 Å². The molecule has 31 heavy (non-hydrogen) atoms. The molecule has 154 valence electrons. The van der Waals surface area contributed by atoms with Crippen LogP contribution in [0.3, 0.4) is 0 Å². The normalized spacial score (nSPS) is 15.4. The zero-order chi connectivity index (χ0) is 21.7. The summed E-state index contributed by atoms with van der Waals surface area (Å²) in [5.41, 5.74) is 3.73. The Morgan fingerprint density at radius 2 is 1.94 bits per heavy atom. The van der Waals surface area contributed by atoms with E-state index in [0.29, 0.717) is 27.2 Å². The number of fused-ring (bicyclic) bond motifs is 2. The minimum absolute atomic E-state index is 0.0152. The predicted octanol–water partition coefficient (Wildman–Crippen LogP) is 3.49. The number of carbonyl (C=O) groups is 2. The molecule has 8 nitrogen and oxygen atoms in total. The average Bonchev–Trinajstić information content (AvgIpc) is 3.40. The number of anilines is 1. The molecule has 0 unspecified atom stereocenters. The monoisotopic (exact) mass is 433 g/mol. The first kappa shape index (κ1) is 19.1. The zero-order valence-electron chi connectivity index (χ0n) is 16.5. The summed E-state index contributed by atoms with van der Waals surface area (Å²) in [5, 5.41) is 8.62. The van der Waals surface area contributed by atoms with Crippen molar-refractivity contribution in [1.82, 2.24) is 10.2 Å². The molecule has 0 aliphatic carbocycles. The number of hydrogen-bond donors (Lipinski definition) is 0. The van der Waals surface area contributed by atoms with Crippen LogP contribution in [0.4, 0.5) is 5.13 Å². The molecule has 2 aromatic carbocycles. The van der Waals surface area contributed by atoms with Gasteiger partial charge in [0.15, 0.2) is 5.43 Å². The quantitative estimate of drug-likeness (QED) is 0.456. The van der Waals surface area contributed by atoms with Crippen molar-refractivity contribution in [3.05, 3.63) is 86.2 Å². The maximum atomic E-state index is 13.5. The summed E-state index contributed by atoms with van der Waals surface area (Å²) in [6.45, 7) is 1.88. The van der Waals surface area contributed by atoms with Crippen LogP contribution in [0, 0.1) is 6.92 Å². The lowest BCUT2D eigenvalue weighted by molar-refractivity contribution is 0.0600. The van der Waals surface area contributed by atoms with Crippen molar-refractivity contribution in [3.8, 4) is 0 Å². The Bertz CT molecular complexity index is 1390. The van der Waals surface area contributed by atoms with Crippen LogP contribution < -0.4 is 10.3 Å². The largest absolute Gasteiger partial charge is 0.465 e. The van der Waals surface area contributed by atoms with Crippen molar-refractivity contribution >= 4 is 39.3 Å². The van der Waals surface area contributed by atoms with Gasteiger partial charge in [-0.25, -0.2) is 4.79 Å². The van der Waals surface area contributed by atoms with E-state index in [1.807, 2.05) is 13.0 Å². The first-order valence-electron chi connectivity index (χ1n) is 9.35. The van der Waals surface area contributed by atoms with Gasteiger partial charge in [-0.2, -0.15) is 0 Å². The van der Waals surface area contributed by atoms with E-state index in [-0.39, 0.29) is 16.8 Å². The molecule has 5 rings (SSSR count). The van der Waals surface area contributed by atoms with Gasteiger partial charge in [0.1, 0.15) is 11.1 Å². The van der Waals surface area contributed by atoms with Crippen LogP contribution in [0.25, 0.3) is 11.0 Å². The SMILES string of the molecule is COC(=O)c1ccc([C@@H]2c3c(oc4ccc(C)cc4c3=O)C(=O)N2c2nncs2)cc1. The number of methoxy groups -OCH3 is 1. The smallest absolute Gasteiger partial charge is 0.337 e. The molecule has 0 spiro atoms. The highest BCUT2D eigenvalue weighted by molar-refractivity contribution is 7.13. The Morgan fingerprint density at radius 3 is 2.61 bits per heavy atom. The third kappa shape index (κ3) is 2.93. The Labute approximate surface area is 179 Å². The predicted molar refractivity (Wildman–Crippen MR) is 114 cm³/mol. The molecule has 1 aliphatic heterocycles. The van der Waals surface area contributed by atoms with E-state index in [1.54, 1.807) is 36.4 Å². The number of aryl methyl sites for hydroxylation is 1. The van der Waals surface area contributed by atoms with Crippen molar-refractivity contribution in [2.45, 2.75) is 13.0 Å². The van der Waals surface area contributed by atoms with Gasteiger partial charge < -0.3 is 9.15 Å². The molecule has 0 N–H and O–H groups in total. The standard InChI is InChI=1S/C22H15N3O5S/c1-11-3-8-15-14(9-11)18(26)16-17(12-4-6-13(7-5-12)21(28)29-2)25(20(27)19(16)30-15)22-24-23-10-31-22/h3-10,17H,1-2H3/t17-/m1/s1. The lowest BCUT2D eigenvalue weighted by Gasteiger charge is -2.22. The molecule has 0 bridgehead atoms. The van der Waals surface area contributed by atoms with Gasteiger partial charge in [-0.3, -0.25) is 14.5 Å². The van der Waals surface area contributed by atoms with Gasteiger partial charge in [0.25, 0.3) is 5.91 Å². The molecule has 1 amide bonds. The number of ether oxygens (including phenoxy) is 1. The lowest BCUT2D eigenvalue weighted by Crippen LogP contribution is -2.29. The summed E-state index contributed by atoms with van der Waals surface area (Å²) < 4.78 is 10.7. The van der Waals surface area contributed by atoms with Gasteiger partial charge in [-0.1, -0.05) is 35.1 Å². The molecule has 1 aliphatic rings. The lowest BCUT2D eigenvalue weighted by atomic mass is 9.97. The van der Waals surface area contributed by atoms with Crippen LogP contribution in [0.1, 0.15) is 43.6 Å². The number of hydrogen-bond acceptors (Lipinski definition) is 8. The van der Waals surface area contributed by atoms with Crippen molar-refractivity contribution in [3.63, 3.8) is 0 Å². The Kier molecular flexibility index (Phi) is 4.40. The Balaban J connectivity index is 1.76. The molecule has 2 aromatic heterocycles. The third-order valence-corrected chi connectivity index (χ3v) is 5.92. The summed E-state index contributed by atoms with van der Waals surface area (Å²) in [6.07, 6.45) is 0. The molecule has 0 radical (unpaired) electrons. The van der Waals surface area contributed by atoms with Crippen LogP contribution in [0.2, 0.25) is 0 Å². The molecule has 4 aromatic rings. The minimum atomic E-state index is -0.761. The fourth-order valence-corrected chi connectivity index (χ4v) is 4.38. The van der Waals surface area contributed by atoms with Crippen molar-refractivity contribution < 1.29 is 18.7 Å². The average molecular weight is 433 g/mol. The van der Waals surface area contributed by atoms with E-state index in [9.17, 15) is 14.4 Å². The van der Waals surface area contributed by atoms with Crippen LogP contribution in [0.5, 0.6) is 0 Å². The van der Waals surface area contributed by atoms with E-state index >= 15 is 0 Å². The second-order valence-corrected chi connectivity index (χ2v) is 7.90. The van der Waals surface area contributed by atoms with E-state index in [4.69, 9.17) is 9.15 Å². The highest BCUT2D eigenvalue weighted by Crippen LogP contribution is 2.41. The van der Waals surface area contributed by atoms with Gasteiger partial charge in [0.2, 0.25) is 10.9 Å². The van der Waals surface area contributed by atoms with E-state index in [0.717, 1.165) is 5.56 Å². The highest BCUT2D eigenvalue weighted by atomic mass is 32.1. The van der Waals surface area contributed by atoms with E-state index in [2.05, 4.69) is 10.2 Å². The molecule has 9 heteroatoms.